The van der Waals surface area contributed by atoms with Gasteiger partial charge in [-0.05, 0) is 50.2 Å². The third-order valence-electron chi connectivity index (χ3n) is 4.84. The van der Waals surface area contributed by atoms with Crippen molar-refractivity contribution >= 4 is 41.4 Å². The lowest BCUT2D eigenvalue weighted by Gasteiger charge is -2.25. The van der Waals surface area contributed by atoms with E-state index >= 15 is 0 Å². The number of carbonyl (C=O) groups excluding carboxylic acids is 3. The SMILES string of the molecule is CSCCC(NC(=O)C(CC(=O)O)NC(=O)C(CCCCN)NC(=O)C(N)C(C)C)C(=O)O. The number of carboxylic acids is 2. The smallest absolute Gasteiger partial charge is 0.326 e. The van der Waals surface area contributed by atoms with Crippen LogP contribution < -0.4 is 27.4 Å². The molecule has 0 saturated heterocycles. The first kappa shape index (κ1) is 30.6. The lowest BCUT2D eigenvalue weighted by molar-refractivity contribution is -0.143. The van der Waals surface area contributed by atoms with Crippen molar-refractivity contribution in [1.29, 1.82) is 0 Å². The molecule has 3 amide bonds. The predicted molar refractivity (Wildman–Crippen MR) is 124 cm³/mol. The Morgan fingerprint density at radius 2 is 1.39 bits per heavy atom. The molecule has 0 aliphatic heterocycles. The molecule has 190 valence electrons. The number of thioether (sulfide) groups is 1. The Bertz CT molecular complexity index is 677. The standard InChI is InChI=1S/C20H37N5O7S/c1-11(2)16(22)19(30)23-12(6-4-5-8-21)17(28)25-14(10-15(26)27)18(29)24-13(20(31)32)7-9-33-3/h11-14,16H,4-10,21-22H2,1-3H3,(H,23,30)(H,24,29)(H,25,28)(H,26,27)(H,31,32). The summed E-state index contributed by atoms with van der Waals surface area (Å²) in [6.45, 7) is 3.87. The Kier molecular flexibility index (Phi) is 15.1. The molecule has 0 saturated carbocycles. The monoisotopic (exact) mass is 491 g/mol. The molecule has 4 atom stereocenters. The number of carbonyl (C=O) groups is 5. The molecule has 0 rings (SSSR count). The number of hydrogen-bond donors (Lipinski definition) is 7. The van der Waals surface area contributed by atoms with E-state index in [-0.39, 0.29) is 18.8 Å². The first-order valence-corrected chi connectivity index (χ1v) is 12.1. The molecule has 0 heterocycles. The average Bonchev–Trinajstić information content (AvgIpc) is 2.73. The summed E-state index contributed by atoms with van der Waals surface area (Å²) >= 11 is 1.39. The van der Waals surface area contributed by atoms with Gasteiger partial charge in [-0.15, -0.1) is 0 Å². The van der Waals surface area contributed by atoms with Crippen molar-refractivity contribution in [2.75, 3.05) is 18.6 Å². The van der Waals surface area contributed by atoms with E-state index in [2.05, 4.69) is 16.0 Å². The highest BCUT2D eigenvalue weighted by atomic mass is 32.2. The number of aliphatic carboxylic acids is 2. The van der Waals surface area contributed by atoms with Crippen molar-refractivity contribution in [2.45, 2.75) is 70.1 Å². The third kappa shape index (κ3) is 12.4. The third-order valence-corrected chi connectivity index (χ3v) is 5.48. The topological polar surface area (TPSA) is 214 Å². The second-order valence-corrected chi connectivity index (χ2v) is 8.94. The molecule has 0 bridgehead atoms. The van der Waals surface area contributed by atoms with Crippen molar-refractivity contribution in [3.8, 4) is 0 Å². The van der Waals surface area contributed by atoms with Crippen LogP contribution in [0.15, 0.2) is 0 Å². The minimum absolute atomic E-state index is 0.126. The van der Waals surface area contributed by atoms with Crippen LogP contribution in [0.5, 0.6) is 0 Å². The van der Waals surface area contributed by atoms with Crippen LogP contribution in [0.4, 0.5) is 0 Å². The normalized spacial score (nSPS) is 14.6. The van der Waals surface area contributed by atoms with E-state index in [0.29, 0.717) is 25.1 Å². The van der Waals surface area contributed by atoms with Gasteiger partial charge >= 0.3 is 11.9 Å². The number of hydrogen-bond acceptors (Lipinski definition) is 8. The summed E-state index contributed by atoms with van der Waals surface area (Å²) in [7, 11) is 0. The zero-order valence-corrected chi connectivity index (χ0v) is 20.2. The molecule has 0 spiro atoms. The van der Waals surface area contributed by atoms with Gasteiger partial charge in [0.15, 0.2) is 0 Å². The molecule has 0 aliphatic rings. The molecule has 0 aromatic rings. The van der Waals surface area contributed by atoms with Crippen molar-refractivity contribution < 1.29 is 34.2 Å². The highest BCUT2D eigenvalue weighted by Gasteiger charge is 2.31. The second kappa shape index (κ2) is 16.3. The Balaban J connectivity index is 5.48. The minimum Gasteiger partial charge on any atom is -0.481 e. The van der Waals surface area contributed by atoms with E-state index in [1.165, 1.54) is 11.8 Å². The molecule has 0 aliphatic carbocycles. The van der Waals surface area contributed by atoms with Crippen LogP contribution in [-0.2, 0) is 24.0 Å². The Morgan fingerprint density at radius 1 is 0.848 bits per heavy atom. The summed E-state index contributed by atoms with van der Waals surface area (Å²) < 4.78 is 0. The number of unbranched alkanes of at least 4 members (excludes halogenated alkanes) is 1. The van der Waals surface area contributed by atoms with Crippen LogP contribution in [0, 0.1) is 5.92 Å². The van der Waals surface area contributed by atoms with Crippen LogP contribution in [0.3, 0.4) is 0 Å². The number of amides is 3. The van der Waals surface area contributed by atoms with Crippen LogP contribution in [0.25, 0.3) is 0 Å². The summed E-state index contributed by atoms with van der Waals surface area (Å²) in [6.07, 6.45) is 2.43. The van der Waals surface area contributed by atoms with Crippen molar-refractivity contribution in [2.24, 2.45) is 17.4 Å². The van der Waals surface area contributed by atoms with Gasteiger partial charge in [0.25, 0.3) is 0 Å². The fourth-order valence-electron chi connectivity index (χ4n) is 2.75. The lowest BCUT2D eigenvalue weighted by atomic mass is 10.0. The number of nitrogens with one attached hydrogen (secondary N) is 3. The first-order chi connectivity index (χ1) is 15.4. The van der Waals surface area contributed by atoms with Crippen LogP contribution in [-0.4, -0.2) is 82.6 Å². The fraction of sp³-hybridized carbons (Fsp3) is 0.750. The van der Waals surface area contributed by atoms with Gasteiger partial charge in [-0.2, -0.15) is 11.8 Å². The summed E-state index contributed by atoms with van der Waals surface area (Å²) in [4.78, 5) is 60.5. The van der Waals surface area contributed by atoms with Gasteiger partial charge in [-0.3, -0.25) is 19.2 Å². The van der Waals surface area contributed by atoms with Gasteiger partial charge in [0.1, 0.15) is 18.1 Å². The van der Waals surface area contributed by atoms with Gasteiger partial charge < -0.3 is 37.6 Å². The quantitative estimate of drug-likeness (QED) is 0.121. The predicted octanol–water partition coefficient (Wildman–Crippen LogP) is -1.13. The maximum atomic E-state index is 12.9. The average molecular weight is 492 g/mol. The molecule has 0 radical (unpaired) electrons. The molecule has 4 unspecified atom stereocenters. The Hall–Kier alpha value is -2.38. The molecule has 13 heteroatoms. The molecule has 33 heavy (non-hydrogen) atoms. The van der Waals surface area contributed by atoms with Gasteiger partial charge in [0.2, 0.25) is 17.7 Å². The van der Waals surface area contributed by atoms with Crippen molar-refractivity contribution in [1.82, 2.24) is 16.0 Å². The molecular formula is C20H37N5O7S. The van der Waals surface area contributed by atoms with E-state index in [1.807, 2.05) is 0 Å². The molecule has 0 aromatic carbocycles. The van der Waals surface area contributed by atoms with Crippen LogP contribution >= 0.6 is 11.8 Å². The lowest BCUT2D eigenvalue weighted by Crippen LogP contribution is -2.58. The van der Waals surface area contributed by atoms with Crippen molar-refractivity contribution in [3.05, 3.63) is 0 Å². The molecule has 12 nitrogen and oxygen atoms in total. The highest BCUT2D eigenvalue weighted by Crippen LogP contribution is 2.07. The van der Waals surface area contributed by atoms with E-state index in [1.54, 1.807) is 20.1 Å². The molecule has 0 fully saturated rings. The van der Waals surface area contributed by atoms with Crippen LogP contribution in [0.2, 0.25) is 0 Å². The molecular weight excluding hydrogens is 454 g/mol. The van der Waals surface area contributed by atoms with E-state index < -0.39 is 60.2 Å². The van der Waals surface area contributed by atoms with Gasteiger partial charge in [0.05, 0.1) is 12.5 Å². The maximum absolute atomic E-state index is 12.9. The Morgan fingerprint density at radius 3 is 1.88 bits per heavy atom. The molecule has 9 N–H and O–H groups in total. The first-order valence-electron chi connectivity index (χ1n) is 10.7. The van der Waals surface area contributed by atoms with E-state index in [4.69, 9.17) is 11.5 Å². The largest absolute Gasteiger partial charge is 0.481 e. The summed E-state index contributed by atoms with van der Waals surface area (Å²) in [5.74, 6) is -4.63. The summed E-state index contributed by atoms with van der Waals surface area (Å²) in [5.41, 5.74) is 11.3. The van der Waals surface area contributed by atoms with Gasteiger partial charge in [-0.25, -0.2) is 4.79 Å². The zero-order valence-electron chi connectivity index (χ0n) is 19.3. The zero-order chi connectivity index (χ0) is 25.6. The molecule has 0 aromatic heterocycles. The Labute approximate surface area is 198 Å². The van der Waals surface area contributed by atoms with E-state index in [0.717, 1.165) is 0 Å². The summed E-state index contributed by atoms with van der Waals surface area (Å²) in [6, 6.07) is -4.69. The highest BCUT2D eigenvalue weighted by molar-refractivity contribution is 7.98. The van der Waals surface area contributed by atoms with E-state index in [9.17, 15) is 34.2 Å². The number of rotatable bonds is 17. The number of nitrogens with two attached hydrogens (primary N) is 2. The van der Waals surface area contributed by atoms with Crippen molar-refractivity contribution in [3.63, 3.8) is 0 Å². The van der Waals surface area contributed by atoms with Gasteiger partial charge in [-0.1, -0.05) is 13.8 Å². The minimum atomic E-state index is -1.53. The van der Waals surface area contributed by atoms with Crippen LogP contribution in [0.1, 0.15) is 46.0 Å². The van der Waals surface area contributed by atoms with Gasteiger partial charge in [0, 0.05) is 0 Å². The second-order valence-electron chi connectivity index (χ2n) is 7.96. The summed E-state index contributed by atoms with van der Waals surface area (Å²) in [5, 5.41) is 25.6. The number of carboxylic acid groups (broad SMARTS) is 2. The fourth-order valence-corrected chi connectivity index (χ4v) is 3.23. The maximum Gasteiger partial charge on any atom is 0.326 e.